The van der Waals surface area contributed by atoms with Crippen LogP contribution in [0.5, 0.6) is 0 Å². The standard InChI is InChI=1S/C15H20N2O4S/c1-3-17(4-2)15(19)12-14(18)16-22(20,21)11-10-13-8-6-5-7-9-13/h5-11H,3-4,12H2,1-2H3,(H,16,18)/b11-10+. The summed E-state index contributed by atoms with van der Waals surface area (Å²) in [6.07, 6.45) is 0.891. The number of carbonyl (C=O) groups is 2. The van der Waals surface area contributed by atoms with Crippen molar-refractivity contribution in [2.75, 3.05) is 13.1 Å². The molecule has 0 saturated heterocycles. The van der Waals surface area contributed by atoms with Crippen molar-refractivity contribution in [1.29, 1.82) is 0 Å². The Kier molecular flexibility index (Phi) is 6.78. The molecule has 0 atom stereocenters. The van der Waals surface area contributed by atoms with Gasteiger partial charge in [0, 0.05) is 13.1 Å². The molecule has 0 fully saturated rings. The molecule has 1 N–H and O–H groups in total. The third-order valence-electron chi connectivity index (χ3n) is 2.92. The highest BCUT2D eigenvalue weighted by atomic mass is 32.2. The van der Waals surface area contributed by atoms with Gasteiger partial charge in [0.25, 0.3) is 10.0 Å². The smallest absolute Gasteiger partial charge is 0.257 e. The van der Waals surface area contributed by atoms with Gasteiger partial charge in [0.1, 0.15) is 6.42 Å². The molecule has 0 aliphatic rings. The molecule has 0 spiro atoms. The highest BCUT2D eigenvalue weighted by Gasteiger charge is 2.18. The van der Waals surface area contributed by atoms with Crippen molar-refractivity contribution in [3.63, 3.8) is 0 Å². The second-order valence-electron chi connectivity index (χ2n) is 4.53. The summed E-state index contributed by atoms with van der Waals surface area (Å²) in [7, 11) is -3.91. The van der Waals surface area contributed by atoms with Crippen LogP contribution >= 0.6 is 0 Å². The fourth-order valence-corrected chi connectivity index (χ4v) is 2.58. The van der Waals surface area contributed by atoms with E-state index in [4.69, 9.17) is 0 Å². The Balaban J connectivity index is 2.63. The van der Waals surface area contributed by atoms with E-state index in [9.17, 15) is 18.0 Å². The lowest BCUT2D eigenvalue weighted by Crippen LogP contribution is -2.37. The van der Waals surface area contributed by atoms with Crippen LogP contribution in [0.25, 0.3) is 6.08 Å². The molecule has 0 aliphatic carbocycles. The zero-order valence-corrected chi connectivity index (χ0v) is 13.5. The Hall–Kier alpha value is -2.15. The van der Waals surface area contributed by atoms with E-state index in [2.05, 4.69) is 0 Å². The zero-order valence-electron chi connectivity index (χ0n) is 12.7. The number of rotatable bonds is 7. The lowest BCUT2D eigenvalue weighted by molar-refractivity contribution is -0.135. The minimum atomic E-state index is -3.91. The second kappa shape index (κ2) is 8.33. The summed E-state index contributed by atoms with van der Waals surface area (Å²) in [4.78, 5) is 24.8. The van der Waals surface area contributed by atoms with Gasteiger partial charge in [-0.25, -0.2) is 13.1 Å². The summed E-state index contributed by atoms with van der Waals surface area (Å²) < 4.78 is 25.4. The summed E-state index contributed by atoms with van der Waals surface area (Å²) in [5.41, 5.74) is 0.694. The molecule has 22 heavy (non-hydrogen) atoms. The topological polar surface area (TPSA) is 83.6 Å². The van der Waals surface area contributed by atoms with Crippen LogP contribution in [0.1, 0.15) is 25.8 Å². The van der Waals surface area contributed by atoms with Crippen molar-refractivity contribution in [1.82, 2.24) is 9.62 Å². The molecule has 2 amide bonds. The number of amides is 2. The normalized spacial score (nSPS) is 11.4. The lowest BCUT2D eigenvalue weighted by atomic mass is 10.2. The van der Waals surface area contributed by atoms with Crippen LogP contribution < -0.4 is 4.72 Å². The maximum Gasteiger partial charge on any atom is 0.257 e. The van der Waals surface area contributed by atoms with Crippen LogP contribution in [0, 0.1) is 0 Å². The minimum absolute atomic E-state index is 0.398. The van der Waals surface area contributed by atoms with E-state index in [0.29, 0.717) is 18.7 Å². The number of carbonyl (C=O) groups excluding carboxylic acids is 2. The summed E-state index contributed by atoms with van der Waals surface area (Å²) in [5, 5.41) is 0.905. The molecule has 0 bridgehead atoms. The second-order valence-corrected chi connectivity index (χ2v) is 6.09. The maximum absolute atomic E-state index is 11.8. The molecular formula is C15H20N2O4S. The first kappa shape index (κ1) is 17.9. The molecule has 1 aromatic rings. The van der Waals surface area contributed by atoms with Crippen molar-refractivity contribution in [3.8, 4) is 0 Å². The fraction of sp³-hybridized carbons (Fsp3) is 0.333. The quantitative estimate of drug-likeness (QED) is 0.768. The van der Waals surface area contributed by atoms with E-state index < -0.39 is 28.3 Å². The molecule has 0 aliphatic heterocycles. The van der Waals surface area contributed by atoms with Crippen LogP contribution in [0.2, 0.25) is 0 Å². The largest absolute Gasteiger partial charge is 0.343 e. The van der Waals surface area contributed by atoms with Gasteiger partial charge in [0.15, 0.2) is 0 Å². The lowest BCUT2D eigenvalue weighted by Gasteiger charge is -2.17. The molecule has 0 heterocycles. The Morgan fingerprint density at radius 2 is 1.73 bits per heavy atom. The Labute approximate surface area is 130 Å². The first-order valence-electron chi connectivity index (χ1n) is 6.94. The first-order chi connectivity index (χ1) is 10.4. The van der Waals surface area contributed by atoms with Gasteiger partial charge in [0.2, 0.25) is 11.8 Å². The van der Waals surface area contributed by atoms with Crippen LogP contribution in [0.15, 0.2) is 35.7 Å². The predicted molar refractivity (Wildman–Crippen MR) is 85.1 cm³/mol. The number of sulfonamides is 1. The van der Waals surface area contributed by atoms with E-state index in [1.807, 2.05) is 10.8 Å². The molecule has 1 aromatic carbocycles. The van der Waals surface area contributed by atoms with Crippen LogP contribution in [0.4, 0.5) is 0 Å². The molecule has 1 rings (SSSR count). The van der Waals surface area contributed by atoms with E-state index in [0.717, 1.165) is 5.41 Å². The average molecular weight is 324 g/mol. The fourth-order valence-electron chi connectivity index (χ4n) is 1.79. The molecule has 0 saturated carbocycles. The van der Waals surface area contributed by atoms with Crippen molar-refractivity contribution in [2.24, 2.45) is 0 Å². The molecule has 0 unspecified atom stereocenters. The highest BCUT2D eigenvalue weighted by molar-refractivity contribution is 7.93. The van der Waals surface area contributed by atoms with Crippen molar-refractivity contribution >= 4 is 27.9 Å². The van der Waals surface area contributed by atoms with E-state index in [-0.39, 0.29) is 0 Å². The van der Waals surface area contributed by atoms with Crippen molar-refractivity contribution in [3.05, 3.63) is 41.3 Å². The average Bonchev–Trinajstić information content (AvgIpc) is 2.47. The van der Waals surface area contributed by atoms with Crippen molar-refractivity contribution < 1.29 is 18.0 Å². The van der Waals surface area contributed by atoms with Gasteiger partial charge < -0.3 is 4.90 Å². The molecule has 120 valence electrons. The Morgan fingerprint density at radius 1 is 1.14 bits per heavy atom. The number of nitrogens with one attached hydrogen (secondary N) is 1. The van der Waals surface area contributed by atoms with E-state index >= 15 is 0 Å². The summed E-state index contributed by atoms with van der Waals surface area (Å²) in [6.45, 7) is 4.53. The first-order valence-corrected chi connectivity index (χ1v) is 8.49. The van der Waals surface area contributed by atoms with Gasteiger partial charge in [-0.2, -0.15) is 0 Å². The maximum atomic E-state index is 11.8. The summed E-state index contributed by atoms with van der Waals surface area (Å²) in [5.74, 6) is -1.24. The minimum Gasteiger partial charge on any atom is -0.343 e. The highest BCUT2D eigenvalue weighted by Crippen LogP contribution is 2.03. The number of hydrogen-bond acceptors (Lipinski definition) is 4. The van der Waals surface area contributed by atoms with Crippen molar-refractivity contribution in [2.45, 2.75) is 20.3 Å². The summed E-state index contributed by atoms with van der Waals surface area (Å²) >= 11 is 0. The Bertz CT molecular complexity index is 635. The van der Waals surface area contributed by atoms with Crippen LogP contribution in [-0.2, 0) is 19.6 Å². The molecular weight excluding hydrogens is 304 g/mol. The van der Waals surface area contributed by atoms with Gasteiger partial charge in [-0.1, -0.05) is 30.3 Å². The SMILES string of the molecule is CCN(CC)C(=O)CC(=O)NS(=O)(=O)/C=C/c1ccccc1. The van der Waals surface area contributed by atoms with E-state index in [1.165, 1.54) is 11.0 Å². The predicted octanol–water partition coefficient (Wildman–Crippen LogP) is 1.36. The van der Waals surface area contributed by atoms with Gasteiger partial charge in [-0.05, 0) is 25.5 Å². The third-order valence-corrected chi connectivity index (χ3v) is 3.93. The van der Waals surface area contributed by atoms with Gasteiger partial charge in [-0.3, -0.25) is 9.59 Å². The monoisotopic (exact) mass is 324 g/mol. The van der Waals surface area contributed by atoms with Gasteiger partial charge in [-0.15, -0.1) is 0 Å². The van der Waals surface area contributed by atoms with E-state index in [1.54, 1.807) is 38.1 Å². The Morgan fingerprint density at radius 3 is 2.27 bits per heavy atom. The molecule has 0 aromatic heterocycles. The molecule has 6 nitrogen and oxygen atoms in total. The number of hydrogen-bond donors (Lipinski definition) is 1. The molecule has 7 heteroatoms. The van der Waals surface area contributed by atoms with Gasteiger partial charge in [0.05, 0.1) is 5.41 Å². The van der Waals surface area contributed by atoms with Crippen LogP contribution in [0.3, 0.4) is 0 Å². The third kappa shape index (κ3) is 6.09. The zero-order chi connectivity index (χ0) is 16.6. The number of nitrogens with zero attached hydrogens (tertiary/aromatic N) is 1. The van der Waals surface area contributed by atoms with Gasteiger partial charge >= 0.3 is 0 Å². The van der Waals surface area contributed by atoms with Crippen LogP contribution in [-0.4, -0.2) is 38.2 Å². The molecule has 0 radical (unpaired) electrons. The summed E-state index contributed by atoms with van der Waals surface area (Å²) in [6, 6.07) is 8.82. The number of benzene rings is 1.